The number of benzene rings is 1. The van der Waals surface area contributed by atoms with Crippen molar-refractivity contribution in [1.82, 2.24) is 5.32 Å². The molecule has 0 spiro atoms. The molecule has 1 aliphatic rings. The van der Waals surface area contributed by atoms with Crippen molar-refractivity contribution < 1.29 is 9.90 Å². The summed E-state index contributed by atoms with van der Waals surface area (Å²) in [5.74, 6) is -0.108. The Morgan fingerprint density at radius 3 is 2.75 bits per heavy atom. The molecule has 1 aromatic carbocycles. The van der Waals surface area contributed by atoms with Gasteiger partial charge in [-0.1, -0.05) is 13.8 Å². The van der Waals surface area contributed by atoms with Crippen molar-refractivity contribution in [3.63, 3.8) is 0 Å². The summed E-state index contributed by atoms with van der Waals surface area (Å²) in [6.45, 7) is 6.51. The Balaban J connectivity index is 2.16. The van der Waals surface area contributed by atoms with Crippen molar-refractivity contribution in [2.45, 2.75) is 39.3 Å². The number of nitrogens with two attached hydrogens (primary N) is 1. The van der Waals surface area contributed by atoms with Crippen molar-refractivity contribution in [3.05, 3.63) is 23.8 Å². The fourth-order valence-electron chi connectivity index (χ4n) is 2.42. The first-order valence-electron chi connectivity index (χ1n) is 6.98. The smallest absolute Gasteiger partial charge is 0.251 e. The Kier molecular flexibility index (Phi) is 3.90. The van der Waals surface area contributed by atoms with Gasteiger partial charge in [-0.25, -0.2) is 0 Å². The first-order chi connectivity index (χ1) is 9.36. The highest BCUT2D eigenvalue weighted by molar-refractivity contribution is 5.96. The van der Waals surface area contributed by atoms with E-state index < -0.39 is 0 Å². The molecular weight excluding hydrogens is 254 g/mol. The second-order valence-corrected chi connectivity index (χ2v) is 5.93. The number of rotatable bonds is 4. The zero-order valence-corrected chi connectivity index (χ0v) is 12.2. The van der Waals surface area contributed by atoms with Crippen LogP contribution in [0.4, 0.5) is 11.4 Å². The third-order valence-electron chi connectivity index (χ3n) is 4.20. The molecule has 0 aromatic heterocycles. The summed E-state index contributed by atoms with van der Waals surface area (Å²) in [6.07, 6.45) is 0.394. The predicted molar refractivity (Wildman–Crippen MR) is 80.7 cm³/mol. The van der Waals surface area contributed by atoms with Crippen LogP contribution in [0.2, 0.25) is 0 Å². The normalized spacial score (nSPS) is 23.8. The minimum absolute atomic E-state index is 0.108. The van der Waals surface area contributed by atoms with Gasteiger partial charge in [0.15, 0.2) is 0 Å². The average molecular weight is 277 g/mol. The molecule has 1 aromatic rings. The van der Waals surface area contributed by atoms with Crippen molar-refractivity contribution in [1.29, 1.82) is 0 Å². The maximum Gasteiger partial charge on any atom is 0.251 e. The highest BCUT2D eigenvalue weighted by Gasteiger charge is 2.47. The topological polar surface area (TPSA) is 87.4 Å². The molecular formula is C15H23N3O2. The van der Waals surface area contributed by atoms with E-state index in [1.54, 1.807) is 18.2 Å². The lowest BCUT2D eigenvalue weighted by molar-refractivity contribution is -0.0510. The van der Waals surface area contributed by atoms with Gasteiger partial charge in [0.05, 0.1) is 17.5 Å². The van der Waals surface area contributed by atoms with Gasteiger partial charge in [0.25, 0.3) is 5.91 Å². The lowest BCUT2D eigenvalue weighted by Gasteiger charge is -2.50. The van der Waals surface area contributed by atoms with Gasteiger partial charge in [-0.15, -0.1) is 0 Å². The Morgan fingerprint density at radius 2 is 2.20 bits per heavy atom. The molecule has 2 unspecified atom stereocenters. The molecule has 2 atom stereocenters. The number of nitrogens with one attached hydrogen (secondary N) is 2. The summed E-state index contributed by atoms with van der Waals surface area (Å²) in [6, 6.07) is 5.37. The zero-order valence-electron chi connectivity index (χ0n) is 12.2. The molecule has 2 rings (SSSR count). The van der Waals surface area contributed by atoms with Crippen molar-refractivity contribution in [2.24, 2.45) is 5.41 Å². The van der Waals surface area contributed by atoms with Gasteiger partial charge >= 0.3 is 0 Å². The lowest BCUT2D eigenvalue weighted by atomic mass is 9.64. The average Bonchev–Trinajstić information content (AvgIpc) is 2.40. The maximum atomic E-state index is 11.8. The fraction of sp³-hybridized carbons (Fsp3) is 0.533. The van der Waals surface area contributed by atoms with Crippen LogP contribution in [0.3, 0.4) is 0 Å². The monoisotopic (exact) mass is 277 g/mol. The van der Waals surface area contributed by atoms with Gasteiger partial charge in [-0.2, -0.15) is 0 Å². The van der Waals surface area contributed by atoms with Crippen molar-refractivity contribution >= 4 is 17.3 Å². The van der Waals surface area contributed by atoms with Gasteiger partial charge in [0.2, 0.25) is 0 Å². The standard InChI is InChI=1S/C15H23N3O2/c1-4-17-14(20)9-5-6-10(16)11(7-9)18-12-8-13(19)15(12,2)3/h5-7,12-13,18-19H,4,8,16H2,1-3H3,(H,17,20). The molecule has 0 bridgehead atoms. The Morgan fingerprint density at radius 1 is 1.50 bits per heavy atom. The van der Waals surface area contributed by atoms with Gasteiger partial charge in [-0.3, -0.25) is 4.79 Å². The number of aliphatic hydroxyl groups excluding tert-OH is 1. The molecule has 1 saturated carbocycles. The number of amides is 1. The zero-order chi connectivity index (χ0) is 14.9. The van der Waals surface area contributed by atoms with Gasteiger partial charge in [0, 0.05) is 23.6 Å². The number of carbonyl (C=O) groups is 1. The third-order valence-corrected chi connectivity index (χ3v) is 4.20. The molecule has 1 aliphatic carbocycles. The van der Waals surface area contributed by atoms with Crippen molar-refractivity contribution in [2.75, 3.05) is 17.6 Å². The van der Waals surface area contributed by atoms with Crippen LogP contribution < -0.4 is 16.4 Å². The minimum atomic E-state index is -0.298. The Bertz CT molecular complexity index is 514. The van der Waals surface area contributed by atoms with Gasteiger partial charge in [0.1, 0.15) is 0 Å². The molecule has 5 nitrogen and oxygen atoms in total. The summed E-state index contributed by atoms with van der Waals surface area (Å²) in [7, 11) is 0. The van der Waals surface area contributed by atoms with E-state index in [-0.39, 0.29) is 23.5 Å². The van der Waals surface area contributed by atoms with Crippen LogP contribution in [0.15, 0.2) is 18.2 Å². The molecule has 0 saturated heterocycles. The van der Waals surface area contributed by atoms with Crippen LogP contribution >= 0.6 is 0 Å². The number of carbonyl (C=O) groups excluding carboxylic acids is 1. The second-order valence-electron chi connectivity index (χ2n) is 5.93. The highest BCUT2D eigenvalue weighted by atomic mass is 16.3. The van der Waals surface area contributed by atoms with E-state index >= 15 is 0 Å². The molecule has 0 heterocycles. The van der Waals surface area contributed by atoms with Crippen LogP contribution in [-0.4, -0.2) is 29.7 Å². The van der Waals surface area contributed by atoms with Crippen LogP contribution in [0.1, 0.15) is 37.6 Å². The van der Waals surface area contributed by atoms with E-state index in [2.05, 4.69) is 10.6 Å². The molecule has 110 valence electrons. The predicted octanol–water partition coefficient (Wildman–Crippen LogP) is 1.59. The van der Waals surface area contributed by atoms with E-state index in [4.69, 9.17) is 5.73 Å². The first kappa shape index (κ1) is 14.7. The summed E-state index contributed by atoms with van der Waals surface area (Å²) < 4.78 is 0. The quantitative estimate of drug-likeness (QED) is 0.629. The highest BCUT2D eigenvalue weighted by Crippen LogP contribution is 2.42. The summed E-state index contributed by atoms with van der Waals surface area (Å²) in [4.78, 5) is 11.8. The van der Waals surface area contributed by atoms with Crippen LogP contribution in [-0.2, 0) is 0 Å². The number of aliphatic hydroxyl groups is 1. The SMILES string of the molecule is CCNC(=O)c1ccc(N)c(NC2CC(O)C2(C)C)c1. The minimum Gasteiger partial charge on any atom is -0.397 e. The molecule has 1 fully saturated rings. The molecule has 0 radical (unpaired) electrons. The Labute approximate surface area is 119 Å². The van der Waals surface area contributed by atoms with Gasteiger partial charge in [-0.05, 0) is 31.5 Å². The fourth-order valence-corrected chi connectivity index (χ4v) is 2.42. The van der Waals surface area contributed by atoms with E-state index in [9.17, 15) is 9.90 Å². The third kappa shape index (κ3) is 2.58. The molecule has 5 heteroatoms. The van der Waals surface area contributed by atoms with Crippen LogP contribution in [0.5, 0.6) is 0 Å². The van der Waals surface area contributed by atoms with Crippen molar-refractivity contribution in [3.8, 4) is 0 Å². The van der Waals surface area contributed by atoms with E-state index in [1.807, 2.05) is 20.8 Å². The van der Waals surface area contributed by atoms with E-state index in [0.717, 1.165) is 5.69 Å². The number of anilines is 2. The second kappa shape index (κ2) is 5.32. The van der Waals surface area contributed by atoms with Crippen LogP contribution in [0, 0.1) is 5.41 Å². The first-order valence-corrected chi connectivity index (χ1v) is 6.98. The molecule has 5 N–H and O–H groups in total. The lowest BCUT2D eigenvalue weighted by Crippen LogP contribution is -2.56. The molecule has 0 aliphatic heterocycles. The Hall–Kier alpha value is -1.75. The van der Waals surface area contributed by atoms with Gasteiger partial charge < -0.3 is 21.5 Å². The molecule has 20 heavy (non-hydrogen) atoms. The summed E-state index contributed by atoms with van der Waals surface area (Å²) >= 11 is 0. The summed E-state index contributed by atoms with van der Waals surface area (Å²) in [5.41, 5.74) is 7.71. The van der Waals surface area contributed by atoms with Crippen LogP contribution in [0.25, 0.3) is 0 Å². The largest absolute Gasteiger partial charge is 0.397 e. The van der Waals surface area contributed by atoms with E-state index in [1.165, 1.54) is 0 Å². The maximum absolute atomic E-state index is 11.8. The molecule has 1 amide bonds. The summed E-state index contributed by atoms with van der Waals surface area (Å²) in [5, 5.41) is 15.9. The number of nitrogen functional groups attached to an aromatic ring is 1. The number of hydrogen-bond acceptors (Lipinski definition) is 4. The van der Waals surface area contributed by atoms with E-state index in [0.29, 0.717) is 24.2 Å². The number of hydrogen-bond donors (Lipinski definition) is 4.